The Labute approximate surface area is 125 Å². The van der Waals surface area contributed by atoms with Crippen molar-refractivity contribution < 1.29 is 9.59 Å². The standard InChI is InChI=1S/C17H22N2O2/c1-3-7-13(2)15(20)19-11-10-17(12-19,16(18)21)14-8-5-4-6-9-14/h4-9H,3,10-12H2,1-2H3,(H2,18,21)/b13-7+. The molecule has 0 saturated carbocycles. The average Bonchev–Trinajstić information content (AvgIpc) is 2.94. The molecule has 1 saturated heterocycles. The number of benzene rings is 1. The van der Waals surface area contributed by atoms with E-state index in [1.165, 1.54) is 0 Å². The molecule has 0 bridgehead atoms. The number of primary amides is 1. The van der Waals surface area contributed by atoms with Crippen molar-refractivity contribution in [3.8, 4) is 0 Å². The van der Waals surface area contributed by atoms with Crippen LogP contribution in [0.5, 0.6) is 0 Å². The summed E-state index contributed by atoms with van der Waals surface area (Å²) >= 11 is 0. The molecule has 1 heterocycles. The number of hydrogen-bond acceptors (Lipinski definition) is 2. The molecule has 2 N–H and O–H groups in total. The molecule has 2 amide bonds. The van der Waals surface area contributed by atoms with Gasteiger partial charge in [0.1, 0.15) is 0 Å². The Morgan fingerprint density at radius 3 is 2.57 bits per heavy atom. The van der Waals surface area contributed by atoms with Gasteiger partial charge in [0.05, 0.1) is 5.41 Å². The zero-order valence-corrected chi connectivity index (χ0v) is 12.6. The Kier molecular flexibility index (Phi) is 4.46. The highest BCUT2D eigenvalue weighted by atomic mass is 16.2. The van der Waals surface area contributed by atoms with Gasteiger partial charge in [-0.15, -0.1) is 0 Å². The van der Waals surface area contributed by atoms with E-state index in [1.54, 1.807) is 4.90 Å². The molecule has 0 aromatic heterocycles. The van der Waals surface area contributed by atoms with Crippen LogP contribution in [0.4, 0.5) is 0 Å². The second-order valence-corrected chi connectivity index (χ2v) is 5.58. The second kappa shape index (κ2) is 6.12. The van der Waals surface area contributed by atoms with Crippen molar-refractivity contribution in [1.82, 2.24) is 4.90 Å². The Hall–Kier alpha value is -2.10. The van der Waals surface area contributed by atoms with Crippen molar-refractivity contribution in [3.63, 3.8) is 0 Å². The smallest absolute Gasteiger partial charge is 0.249 e. The van der Waals surface area contributed by atoms with Gasteiger partial charge in [0.2, 0.25) is 11.8 Å². The molecule has 0 spiro atoms. The van der Waals surface area contributed by atoms with E-state index < -0.39 is 5.41 Å². The Morgan fingerprint density at radius 1 is 1.33 bits per heavy atom. The molecule has 1 aromatic rings. The summed E-state index contributed by atoms with van der Waals surface area (Å²) in [5, 5.41) is 0. The first-order valence-corrected chi connectivity index (χ1v) is 7.32. The van der Waals surface area contributed by atoms with Crippen LogP contribution in [-0.4, -0.2) is 29.8 Å². The topological polar surface area (TPSA) is 63.4 Å². The number of amides is 2. The number of likely N-dealkylation sites (tertiary alicyclic amines) is 1. The van der Waals surface area contributed by atoms with E-state index in [0.717, 1.165) is 17.6 Å². The molecule has 1 aliphatic rings. The van der Waals surface area contributed by atoms with Crippen LogP contribution in [0.25, 0.3) is 0 Å². The summed E-state index contributed by atoms with van der Waals surface area (Å²) in [4.78, 5) is 26.2. The van der Waals surface area contributed by atoms with Crippen molar-refractivity contribution in [1.29, 1.82) is 0 Å². The molecule has 112 valence electrons. The SMILES string of the molecule is CC/C=C(\C)C(=O)N1CCC(C(N)=O)(c2ccccc2)C1. The molecule has 21 heavy (non-hydrogen) atoms. The minimum atomic E-state index is -0.761. The predicted molar refractivity (Wildman–Crippen MR) is 82.6 cm³/mol. The summed E-state index contributed by atoms with van der Waals surface area (Å²) < 4.78 is 0. The minimum Gasteiger partial charge on any atom is -0.369 e. The summed E-state index contributed by atoms with van der Waals surface area (Å²) in [6, 6.07) is 9.52. The van der Waals surface area contributed by atoms with Gasteiger partial charge in [-0.25, -0.2) is 0 Å². The summed E-state index contributed by atoms with van der Waals surface area (Å²) in [6.45, 7) is 4.74. The Balaban J connectivity index is 2.27. The fraction of sp³-hybridized carbons (Fsp3) is 0.412. The summed E-state index contributed by atoms with van der Waals surface area (Å²) in [5.74, 6) is -0.364. The maximum absolute atomic E-state index is 12.4. The average molecular weight is 286 g/mol. The van der Waals surface area contributed by atoms with E-state index >= 15 is 0 Å². The fourth-order valence-electron chi connectivity index (χ4n) is 2.96. The van der Waals surface area contributed by atoms with E-state index in [4.69, 9.17) is 5.73 Å². The third kappa shape index (κ3) is 2.84. The highest BCUT2D eigenvalue weighted by Gasteiger charge is 2.46. The van der Waals surface area contributed by atoms with Crippen molar-refractivity contribution in [2.24, 2.45) is 5.73 Å². The molecule has 4 heteroatoms. The molecular formula is C17H22N2O2. The molecule has 0 radical (unpaired) electrons. The molecule has 2 rings (SSSR count). The fourth-order valence-corrected chi connectivity index (χ4v) is 2.96. The highest BCUT2D eigenvalue weighted by molar-refractivity contribution is 5.95. The van der Waals surface area contributed by atoms with E-state index in [9.17, 15) is 9.59 Å². The first-order valence-electron chi connectivity index (χ1n) is 7.32. The van der Waals surface area contributed by atoms with E-state index in [2.05, 4.69) is 0 Å². The van der Waals surface area contributed by atoms with Gasteiger partial charge in [-0.2, -0.15) is 0 Å². The third-order valence-corrected chi connectivity index (χ3v) is 4.20. The van der Waals surface area contributed by atoms with E-state index in [1.807, 2.05) is 50.3 Å². The molecule has 0 aliphatic carbocycles. The summed E-state index contributed by atoms with van der Waals surface area (Å²) in [7, 11) is 0. The van der Waals surface area contributed by atoms with Crippen molar-refractivity contribution >= 4 is 11.8 Å². The number of nitrogens with zero attached hydrogens (tertiary/aromatic N) is 1. The molecule has 1 atom stereocenters. The van der Waals surface area contributed by atoms with E-state index in [-0.39, 0.29) is 11.8 Å². The molecule has 4 nitrogen and oxygen atoms in total. The maximum Gasteiger partial charge on any atom is 0.249 e. The predicted octanol–water partition coefficient (Wildman–Crippen LogP) is 2.00. The Morgan fingerprint density at radius 2 is 2.00 bits per heavy atom. The van der Waals surface area contributed by atoms with Gasteiger partial charge < -0.3 is 10.6 Å². The maximum atomic E-state index is 12.4. The van der Waals surface area contributed by atoms with Gasteiger partial charge in [0.25, 0.3) is 0 Å². The van der Waals surface area contributed by atoms with Gasteiger partial charge in [0, 0.05) is 18.7 Å². The molecule has 1 fully saturated rings. The normalized spacial score (nSPS) is 22.4. The van der Waals surface area contributed by atoms with Gasteiger partial charge in [-0.1, -0.05) is 43.3 Å². The monoisotopic (exact) mass is 286 g/mol. The number of rotatable bonds is 4. The molecule has 1 aliphatic heterocycles. The number of carbonyl (C=O) groups excluding carboxylic acids is 2. The van der Waals surface area contributed by atoms with Crippen LogP contribution in [0.15, 0.2) is 42.0 Å². The zero-order valence-electron chi connectivity index (χ0n) is 12.6. The lowest BCUT2D eigenvalue weighted by molar-refractivity contribution is -0.127. The lowest BCUT2D eigenvalue weighted by Crippen LogP contribution is -2.44. The minimum absolute atomic E-state index is 0.00379. The van der Waals surface area contributed by atoms with Crippen LogP contribution in [0.2, 0.25) is 0 Å². The zero-order chi connectivity index (χ0) is 15.5. The van der Waals surface area contributed by atoms with E-state index in [0.29, 0.717) is 19.5 Å². The lowest BCUT2D eigenvalue weighted by Gasteiger charge is -2.26. The number of carbonyl (C=O) groups is 2. The van der Waals surface area contributed by atoms with Crippen LogP contribution < -0.4 is 5.73 Å². The largest absolute Gasteiger partial charge is 0.369 e. The Bertz CT molecular complexity index is 565. The van der Waals surface area contributed by atoms with Crippen LogP contribution in [0.1, 0.15) is 32.3 Å². The van der Waals surface area contributed by atoms with Gasteiger partial charge in [-0.05, 0) is 25.3 Å². The second-order valence-electron chi connectivity index (χ2n) is 5.58. The van der Waals surface area contributed by atoms with Crippen LogP contribution in [-0.2, 0) is 15.0 Å². The summed E-state index contributed by atoms with van der Waals surface area (Å²) in [5.41, 5.74) is 6.53. The van der Waals surface area contributed by atoms with Gasteiger partial charge in [0.15, 0.2) is 0 Å². The molecular weight excluding hydrogens is 264 g/mol. The summed E-state index contributed by atoms with van der Waals surface area (Å²) in [6.07, 6.45) is 3.32. The van der Waals surface area contributed by atoms with Crippen LogP contribution >= 0.6 is 0 Å². The highest BCUT2D eigenvalue weighted by Crippen LogP contribution is 2.35. The van der Waals surface area contributed by atoms with Crippen molar-refractivity contribution in [2.75, 3.05) is 13.1 Å². The number of allylic oxidation sites excluding steroid dienone is 1. The van der Waals surface area contributed by atoms with Crippen LogP contribution in [0, 0.1) is 0 Å². The first-order chi connectivity index (χ1) is 10.0. The lowest BCUT2D eigenvalue weighted by atomic mass is 9.79. The quantitative estimate of drug-likeness (QED) is 0.860. The van der Waals surface area contributed by atoms with Crippen molar-refractivity contribution in [2.45, 2.75) is 32.1 Å². The molecule has 1 aromatic carbocycles. The number of hydrogen-bond donors (Lipinski definition) is 1. The molecule has 1 unspecified atom stereocenters. The number of nitrogens with two attached hydrogens (primary N) is 1. The van der Waals surface area contributed by atoms with Gasteiger partial charge >= 0.3 is 0 Å². The van der Waals surface area contributed by atoms with Crippen LogP contribution in [0.3, 0.4) is 0 Å². The first kappa shape index (κ1) is 15.3. The third-order valence-electron chi connectivity index (χ3n) is 4.20. The van der Waals surface area contributed by atoms with Crippen molar-refractivity contribution in [3.05, 3.63) is 47.5 Å². The van der Waals surface area contributed by atoms with Gasteiger partial charge in [-0.3, -0.25) is 9.59 Å².